The number of anilines is 5. The Morgan fingerprint density at radius 3 is 2.55 bits per heavy atom. The van der Waals surface area contributed by atoms with E-state index in [1.54, 1.807) is 35.3 Å². The van der Waals surface area contributed by atoms with Crippen molar-refractivity contribution < 1.29 is 18.0 Å². The van der Waals surface area contributed by atoms with Crippen LogP contribution in [0.1, 0.15) is 21.5 Å². The van der Waals surface area contributed by atoms with Crippen LogP contribution in [0.5, 0.6) is 0 Å². The molecule has 0 atom stereocenters. The summed E-state index contributed by atoms with van der Waals surface area (Å²) < 4.78 is 41.2. The topological polar surface area (TPSA) is 127 Å². The van der Waals surface area contributed by atoms with Gasteiger partial charge in [0.05, 0.1) is 5.56 Å². The van der Waals surface area contributed by atoms with Gasteiger partial charge in [0.1, 0.15) is 18.8 Å². The summed E-state index contributed by atoms with van der Waals surface area (Å²) in [5.41, 5.74) is 10.2. The number of hydrogen-bond donors (Lipinski definition) is 4. The maximum atomic E-state index is 13.7. The third-order valence-electron chi connectivity index (χ3n) is 6.69. The average molecular weight is 555 g/mol. The number of amides is 1. The van der Waals surface area contributed by atoms with Gasteiger partial charge in [0, 0.05) is 54.9 Å². The molecule has 1 amide bonds. The molecular weight excluding hydrogens is 525 g/mol. The molecule has 1 fully saturated rings. The van der Waals surface area contributed by atoms with Gasteiger partial charge in [0.2, 0.25) is 5.96 Å². The van der Waals surface area contributed by atoms with Crippen molar-refractivity contribution in [3.63, 3.8) is 0 Å². The number of aromatic nitrogens is 2. The lowest BCUT2D eigenvalue weighted by atomic mass is 10.1. The maximum absolute atomic E-state index is 13.7. The molecule has 1 aromatic heterocycles. The van der Waals surface area contributed by atoms with Gasteiger partial charge >= 0.3 is 6.18 Å². The molecule has 3 heterocycles. The number of nitrogens with two attached hydrogens (primary N) is 1. The van der Waals surface area contributed by atoms with Crippen molar-refractivity contribution in [3.05, 3.63) is 65.5 Å². The van der Waals surface area contributed by atoms with Crippen molar-refractivity contribution in [1.29, 1.82) is 0 Å². The third kappa shape index (κ3) is 6.07. The molecule has 5 N–H and O–H groups in total. The van der Waals surface area contributed by atoms with E-state index in [2.05, 4.69) is 35.9 Å². The highest BCUT2D eigenvalue weighted by atomic mass is 19.4. The van der Waals surface area contributed by atoms with Crippen molar-refractivity contribution in [2.24, 2.45) is 4.99 Å². The molecule has 14 heteroatoms. The summed E-state index contributed by atoms with van der Waals surface area (Å²) in [4.78, 5) is 29.7. The minimum Gasteiger partial charge on any atom is -0.384 e. The molecule has 40 heavy (non-hydrogen) atoms. The van der Waals surface area contributed by atoms with E-state index in [9.17, 15) is 18.0 Å². The lowest BCUT2D eigenvalue weighted by Crippen LogP contribution is -2.44. The number of carbonyl (C=O) groups is 1. The number of nitrogen functional groups attached to an aromatic ring is 1. The highest BCUT2D eigenvalue weighted by Gasteiger charge is 2.32. The van der Waals surface area contributed by atoms with Crippen molar-refractivity contribution in [2.45, 2.75) is 13.1 Å². The molecule has 1 saturated heterocycles. The number of carbonyl (C=O) groups excluding carboxylic acids is 1. The van der Waals surface area contributed by atoms with Crippen LogP contribution < -0.4 is 31.7 Å². The van der Waals surface area contributed by atoms with Gasteiger partial charge in [-0.25, -0.2) is 25.4 Å². The Kier molecular flexibility index (Phi) is 7.45. The second-order valence-electron chi connectivity index (χ2n) is 9.60. The van der Waals surface area contributed by atoms with Crippen LogP contribution in [0.3, 0.4) is 0 Å². The SMILES string of the molecule is Cc1ccc(C(=O)Nc2cc(N3CCN(C)CC3)cc(C(F)(F)F)c2)cc1NC1=NCNN1c1cc(N)ncn1. The number of piperazine rings is 1. The monoisotopic (exact) mass is 554 g/mol. The first-order valence-corrected chi connectivity index (χ1v) is 12.6. The van der Waals surface area contributed by atoms with Gasteiger partial charge in [-0.15, -0.1) is 0 Å². The molecule has 2 aromatic carbocycles. The van der Waals surface area contributed by atoms with Crippen molar-refractivity contribution >= 4 is 40.6 Å². The van der Waals surface area contributed by atoms with E-state index in [4.69, 9.17) is 5.73 Å². The number of nitrogens with one attached hydrogen (secondary N) is 3. The summed E-state index contributed by atoms with van der Waals surface area (Å²) in [5, 5.41) is 7.45. The second-order valence-corrected chi connectivity index (χ2v) is 9.60. The van der Waals surface area contributed by atoms with Crippen molar-refractivity contribution in [1.82, 2.24) is 20.3 Å². The van der Waals surface area contributed by atoms with E-state index in [1.165, 1.54) is 6.33 Å². The van der Waals surface area contributed by atoms with Gasteiger partial charge in [-0.3, -0.25) is 4.79 Å². The Morgan fingerprint density at radius 1 is 1.05 bits per heavy atom. The fourth-order valence-electron chi connectivity index (χ4n) is 4.41. The van der Waals surface area contributed by atoms with E-state index >= 15 is 0 Å². The van der Waals surface area contributed by atoms with Crippen LogP contribution in [0, 0.1) is 6.92 Å². The van der Waals surface area contributed by atoms with Gasteiger partial charge in [-0.05, 0) is 49.9 Å². The molecule has 0 aliphatic carbocycles. The van der Waals surface area contributed by atoms with Crippen molar-refractivity contribution in [3.8, 4) is 0 Å². The fourth-order valence-corrected chi connectivity index (χ4v) is 4.41. The zero-order chi connectivity index (χ0) is 28.4. The first-order chi connectivity index (χ1) is 19.1. The van der Waals surface area contributed by atoms with Gasteiger partial charge < -0.3 is 26.2 Å². The van der Waals surface area contributed by atoms with Crippen molar-refractivity contribution in [2.75, 3.05) is 66.2 Å². The minimum atomic E-state index is -4.56. The Labute approximate surface area is 228 Å². The first-order valence-electron chi connectivity index (χ1n) is 12.6. The van der Waals surface area contributed by atoms with Gasteiger partial charge in [-0.1, -0.05) is 6.07 Å². The second kappa shape index (κ2) is 11.0. The van der Waals surface area contributed by atoms with E-state index < -0.39 is 17.6 Å². The molecule has 11 nitrogen and oxygen atoms in total. The Bertz CT molecular complexity index is 1440. The van der Waals surface area contributed by atoms with E-state index in [0.29, 0.717) is 42.1 Å². The smallest absolute Gasteiger partial charge is 0.384 e. The van der Waals surface area contributed by atoms with Crippen LogP contribution in [0.4, 0.5) is 41.9 Å². The largest absolute Gasteiger partial charge is 0.416 e. The normalized spacial score (nSPS) is 16.2. The van der Waals surface area contributed by atoms with Crippen LogP contribution in [0.15, 0.2) is 53.8 Å². The van der Waals surface area contributed by atoms with E-state index in [1.807, 2.05) is 18.9 Å². The lowest BCUT2D eigenvalue weighted by molar-refractivity contribution is -0.137. The van der Waals surface area contributed by atoms with Gasteiger partial charge in [0.15, 0.2) is 5.82 Å². The van der Waals surface area contributed by atoms with E-state index in [0.717, 1.165) is 30.8 Å². The summed E-state index contributed by atoms with van der Waals surface area (Å²) in [6, 6.07) is 10.2. The number of hydrazine groups is 1. The summed E-state index contributed by atoms with van der Waals surface area (Å²) in [5.74, 6) is 0.647. The molecule has 2 aliphatic heterocycles. The van der Waals surface area contributed by atoms with E-state index in [-0.39, 0.29) is 17.9 Å². The fraction of sp³-hybridized carbons (Fsp3) is 0.308. The molecule has 5 rings (SSSR count). The number of benzene rings is 2. The number of aliphatic imine (C=N–C) groups is 1. The molecule has 3 aromatic rings. The Balaban J connectivity index is 1.36. The van der Waals surface area contributed by atoms with Gasteiger partial charge in [-0.2, -0.15) is 13.2 Å². The van der Waals surface area contributed by atoms with Crippen LogP contribution >= 0.6 is 0 Å². The molecule has 0 unspecified atom stereocenters. The number of aryl methyl sites for hydroxylation is 1. The van der Waals surface area contributed by atoms with Crippen LogP contribution in [0.25, 0.3) is 0 Å². The summed E-state index contributed by atoms with van der Waals surface area (Å²) in [7, 11) is 1.97. The molecule has 210 valence electrons. The van der Waals surface area contributed by atoms with Gasteiger partial charge in [0.25, 0.3) is 5.91 Å². The minimum absolute atomic E-state index is 0.0701. The Morgan fingerprint density at radius 2 is 1.82 bits per heavy atom. The summed E-state index contributed by atoms with van der Waals surface area (Å²) in [6.07, 6.45) is -3.22. The number of nitrogens with zero attached hydrogens (tertiary/aromatic N) is 6. The zero-order valence-corrected chi connectivity index (χ0v) is 22.0. The molecular formula is C26H29F3N10O. The van der Waals surface area contributed by atoms with Crippen LogP contribution in [0.2, 0.25) is 0 Å². The third-order valence-corrected chi connectivity index (χ3v) is 6.69. The summed E-state index contributed by atoms with van der Waals surface area (Å²) in [6.45, 7) is 4.80. The number of hydrogen-bond acceptors (Lipinski definition) is 10. The highest BCUT2D eigenvalue weighted by molar-refractivity contribution is 6.08. The Hall–Kier alpha value is -4.43. The predicted octanol–water partition coefficient (Wildman–Crippen LogP) is 3.14. The number of rotatable bonds is 5. The average Bonchev–Trinajstić information content (AvgIpc) is 3.38. The predicted molar refractivity (Wildman–Crippen MR) is 148 cm³/mol. The lowest BCUT2D eigenvalue weighted by Gasteiger charge is -2.34. The van der Waals surface area contributed by atoms with Crippen LogP contribution in [-0.2, 0) is 6.18 Å². The quantitative estimate of drug-likeness (QED) is 0.376. The number of halogens is 3. The molecule has 0 bridgehead atoms. The highest BCUT2D eigenvalue weighted by Crippen LogP contribution is 2.35. The molecule has 0 radical (unpaired) electrons. The molecule has 0 saturated carbocycles. The maximum Gasteiger partial charge on any atom is 0.416 e. The first kappa shape index (κ1) is 27.1. The standard InChI is InChI=1S/C26H29F3N10O/c1-16-3-4-17(9-21(16)36-25-33-15-34-39(25)23-13-22(30)31-14-32-23)24(40)35-19-10-18(26(27,28)29)11-20(12-19)38-7-5-37(2)6-8-38/h3-4,9-14,34H,5-8,15H2,1-2H3,(H,33,36)(H,35,40)(H2,30,31,32). The van der Waals surface area contributed by atoms with Crippen LogP contribution in [-0.4, -0.2) is 66.6 Å². The molecule has 0 spiro atoms. The number of likely N-dealkylation sites (N-methyl/N-ethyl adjacent to an activating group) is 1. The zero-order valence-electron chi connectivity index (χ0n) is 22.0. The molecule has 2 aliphatic rings. The number of alkyl halides is 3. The number of guanidine groups is 1. The summed E-state index contributed by atoms with van der Waals surface area (Å²) >= 11 is 0.